The summed E-state index contributed by atoms with van der Waals surface area (Å²) in [5.74, 6) is -0.567. The van der Waals surface area contributed by atoms with Gasteiger partial charge in [0.05, 0.1) is 14.2 Å². The van der Waals surface area contributed by atoms with Gasteiger partial charge in [-0.15, -0.1) is 0 Å². The van der Waals surface area contributed by atoms with E-state index in [2.05, 4.69) is 24.0 Å². The van der Waals surface area contributed by atoms with Crippen molar-refractivity contribution < 1.29 is 23.8 Å². The quantitative estimate of drug-likeness (QED) is 0.414. The van der Waals surface area contributed by atoms with Gasteiger partial charge in [-0.3, -0.25) is 9.59 Å². The molecule has 3 atom stereocenters. The molecule has 194 valence electrons. The lowest BCUT2D eigenvalue weighted by Gasteiger charge is -2.40. The molecule has 0 saturated heterocycles. The van der Waals surface area contributed by atoms with Crippen molar-refractivity contribution in [2.75, 3.05) is 14.2 Å². The number of methoxy groups -OCH3 is 2. The van der Waals surface area contributed by atoms with Crippen LogP contribution in [0.2, 0.25) is 0 Å². The number of esters is 1. The van der Waals surface area contributed by atoms with Gasteiger partial charge in [0.25, 0.3) is 0 Å². The van der Waals surface area contributed by atoms with Crippen molar-refractivity contribution in [2.45, 2.75) is 31.3 Å². The number of allylic oxidation sites excluding steroid dienone is 2. The summed E-state index contributed by atoms with van der Waals surface area (Å²) in [5, 5.41) is 3.30. The molecule has 0 bridgehead atoms. The molecule has 5 rings (SSSR count). The lowest BCUT2D eigenvalue weighted by Crippen LogP contribution is -2.42. The normalized spacial score (nSPS) is 20.8. The number of nitrogens with one attached hydrogen (secondary N) is 1. The van der Waals surface area contributed by atoms with Gasteiger partial charge >= 0.3 is 5.97 Å². The lowest BCUT2D eigenvalue weighted by atomic mass is 9.69. The number of carbonyl (C=O) groups excluding carboxylic acids is 2. The highest BCUT2D eigenvalue weighted by Gasteiger charge is 2.45. The van der Waals surface area contributed by atoms with Crippen LogP contribution in [0.25, 0.3) is 0 Å². The maximum Gasteiger partial charge on any atom is 0.315 e. The highest BCUT2D eigenvalue weighted by molar-refractivity contribution is 6.01. The maximum absolute atomic E-state index is 13.7. The number of rotatable bonds is 7. The molecular weight excluding hydrogens is 478 g/mol. The van der Waals surface area contributed by atoms with E-state index in [1.54, 1.807) is 7.11 Å². The summed E-state index contributed by atoms with van der Waals surface area (Å²) in [6.45, 7) is 4.55. The number of carbonyl (C=O) groups is 2. The van der Waals surface area contributed by atoms with Gasteiger partial charge in [0.1, 0.15) is 12.5 Å². The van der Waals surface area contributed by atoms with Gasteiger partial charge in [-0.05, 0) is 41.2 Å². The van der Waals surface area contributed by atoms with E-state index in [4.69, 9.17) is 14.2 Å². The number of hydrogen-bond acceptors (Lipinski definition) is 6. The first-order valence-corrected chi connectivity index (χ1v) is 12.7. The Balaban J connectivity index is 1.52. The molecule has 6 nitrogen and oxygen atoms in total. The highest BCUT2D eigenvalue weighted by Crippen LogP contribution is 2.48. The average Bonchev–Trinajstić information content (AvgIpc) is 2.95. The number of ketones is 1. The zero-order valence-electron chi connectivity index (χ0n) is 21.6. The molecule has 3 aromatic rings. The summed E-state index contributed by atoms with van der Waals surface area (Å²) in [5.41, 5.74) is 4.87. The largest absolute Gasteiger partial charge is 0.493 e. The molecule has 0 spiro atoms. The fourth-order valence-corrected chi connectivity index (χ4v) is 5.51. The fourth-order valence-electron chi connectivity index (χ4n) is 5.51. The van der Waals surface area contributed by atoms with E-state index in [-0.39, 0.29) is 11.7 Å². The molecule has 1 aliphatic heterocycles. The third-order valence-corrected chi connectivity index (χ3v) is 7.35. The third-order valence-electron chi connectivity index (χ3n) is 7.35. The van der Waals surface area contributed by atoms with E-state index in [1.165, 1.54) is 7.11 Å². The third kappa shape index (κ3) is 4.94. The summed E-state index contributed by atoms with van der Waals surface area (Å²) in [4.78, 5) is 26.7. The first kappa shape index (κ1) is 25.3. The van der Waals surface area contributed by atoms with Gasteiger partial charge in [-0.25, -0.2) is 0 Å². The number of ether oxygens (including phenoxy) is 3. The van der Waals surface area contributed by atoms with Crippen molar-refractivity contribution in [1.29, 1.82) is 0 Å². The first-order valence-electron chi connectivity index (χ1n) is 12.7. The van der Waals surface area contributed by atoms with Crippen molar-refractivity contribution in [3.05, 3.63) is 119 Å². The van der Waals surface area contributed by atoms with Crippen LogP contribution < -0.4 is 14.8 Å². The van der Waals surface area contributed by atoms with Crippen LogP contribution in [0.5, 0.6) is 11.5 Å². The van der Waals surface area contributed by atoms with Crippen LogP contribution in [-0.4, -0.2) is 26.0 Å². The Bertz CT molecular complexity index is 1380. The van der Waals surface area contributed by atoms with E-state index in [9.17, 15) is 9.59 Å². The Kier molecular flexibility index (Phi) is 7.31. The number of benzene rings is 3. The Morgan fingerprint density at radius 2 is 1.63 bits per heavy atom. The van der Waals surface area contributed by atoms with E-state index in [0.29, 0.717) is 42.2 Å². The smallest absolute Gasteiger partial charge is 0.315 e. The Hall–Kier alpha value is -4.32. The van der Waals surface area contributed by atoms with Gasteiger partial charge in [0.2, 0.25) is 0 Å². The molecule has 3 unspecified atom stereocenters. The molecule has 1 aliphatic carbocycles. The molecule has 1 N–H and O–H groups in total. The maximum atomic E-state index is 13.7. The zero-order chi connectivity index (χ0) is 26.6. The van der Waals surface area contributed by atoms with E-state index in [0.717, 1.165) is 22.4 Å². The minimum absolute atomic E-state index is 0.0161. The molecule has 3 aromatic carbocycles. The number of Topliss-reactive ketones (excluding diaryl/α,β-unsaturated/α-hetero) is 1. The molecule has 0 fully saturated rings. The molecule has 38 heavy (non-hydrogen) atoms. The lowest BCUT2D eigenvalue weighted by molar-refractivity contribution is -0.144. The summed E-state index contributed by atoms with van der Waals surface area (Å²) >= 11 is 0. The van der Waals surface area contributed by atoms with Crippen LogP contribution in [0.15, 0.2) is 102 Å². The topological polar surface area (TPSA) is 73.9 Å². The van der Waals surface area contributed by atoms with Gasteiger partial charge in [-0.1, -0.05) is 73.3 Å². The van der Waals surface area contributed by atoms with E-state index < -0.39 is 17.8 Å². The second kappa shape index (κ2) is 11.0. The minimum atomic E-state index is -0.753. The molecular formula is C32H31NO5. The van der Waals surface area contributed by atoms with E-state index in [1.807, 2.05) is 66.7 Å². The Morgan fingerprint density at radius 1 is 0.921 bits per heavy atom. The first-order chi connectivity index (χ1) is 18.5. The standard InChI is InChI=1S/C32H31NO5/c1-20-29(32(35)37-3)30(31-25(33-20)16-24(17-26(31)34)22-12-8-5-9-13-22)23-14-15-27(28(18-23)36-2)38-19-21-10-6-4-7-11-21/h4-15,18,24,29-30,33H,1,16-17,19H2,2-3H3. The predicted octanol–water partition coefficient (Wildman–Crippen LogP) is 5.66. The van der Waals surface area contributed by atoms with Crippen molar-refractivity contribution >= 4 is 11.8 Å². The second-order valence-electron chi connectivity index (χ2n) is 9.64. The van der Waals surface area contributed by atoms with Crippen LogP contribution in [0.4, 0.5) is 0 Å². The van der Waals surface area contributed by atoms with Crippen LogP contribution in [0.3, 0.4) is 0 Å². The van der Waals surface area contributed by atoms with Gasteiger partial charge in [0, 0.05) is 29.3 Å². The summed E-state index contributed by atoms with van der Waals surface area (Å²) in [7, 11) is 2.93. The highest BCUT2D eigenvalue weighted by atomic mass is 16.5. The van der Waals surface area contributed by atoms with Gasteiger partial charge in [0.15, 0.2) is 17.3 Å². The van der Waals surface area contributed by atoms with Gasteiger partial charge in [-0.2, -0.15) is 0 Å². The fraction of sp³-hybridized carbons (Fsp3) is 0.250. The summed E-state index contributed by atoms with van der Waals surface area (Å²) < 4.78 is 16.9. The van der Waals surface area contributed by atoms with Gasteiger partial charge < -0.3 is 19.5 Å². The zero-order valence-corrected chi connectivity index (χ0v) is 21.6. The second-order valence-corrected chi connectivity index (χ2v) is 9.64. The molecule has 0 amide bonds. The summed E-state index contributed by atoms with van der Waals surface area (Å²) in [6, 6.07) is 25.5. The van der Waals surface area contributed by atoms with Crippen LogP contribution >= 0.6 is 0 Å². The molecule has 2 aliphatic rings. The number of hydrogen-bond donors (Lipinski definition) is 1. The molecule has 0 saturated carbocycles. The average molecular weight is 510 g/mol. The van der Waals surface area contributed by atoms with Crippen LogP contribution in [-0.2, 0) is 20.9 Å². The minimum Gasteiger partial charge on any atom is -0.493 e. The molecule has 0 radical (unpaired) electrons. The predicted molar refractivity (Wildman–Crippen MR) is 145 cm³/mol. The van der Waals surface area contributed by atoms with Crippen molar-refractivity contribution in [1.82, 2.24) is 5.32 Å². The Labute approximate surface area is 222 Å². The molecule has 0 aromatic heterocycles. The van der Waals surface area contributed by atoms with Crippen molar-refractivity contribution in [3.63, 3.8) is 0 Å². The summed E-state index contributed by atoms with van der Waals surface area (Å²) in [6.07, 6.45) is 1.03. The van der Waals surface area contributed by atoms with E-state index >= 15 is 0 Å². The van der Waals surface area contributed by atoms with Crippen LogP contribution in [0.1, 0.15) is 41.4 Å². The Morgan fingerprint density at radius 3 is 2.32 bits per heavy atom. The van der Waals surface area contributed by atoms with Crippen molar-refractivity contribution in [3.8, 4) is 11.5 Å². The monoisotopic (exact) mass is 509 g/mol. The molecule has 6 heteroatoms. The molecule has 1 heterocycles. The van der Waals surface area contributed by atoms with Crippen molar-refractivity contribution in [2.24, 2.45) is 5.92 Å². The van der Waals surface area contributed by atoms with Crippen LogP contribution in [0, 0.1) is 5.92 Å². The SMILES string of the molecule is C=C1NC2=C(C(=O)CC(c3ccccc3)C2)C(c2ccc(OCc3ccccc3)c(OC)c2)C1C(=O)OC.